The number of likely N-dealkylation sites (N-methyl/N-ethyl adjacent to an activating group) is 1. The summed E-state index contributed by atoms with van der Waals surface area (Å²) in [6.45, 7) is 6.88. The Morgan fingerprint density at radius 3 is 2.22 bits per heavy atom. The van der Waals surface area contributed by atoms with Crippen molar-refractivity contribution in [1.29, 1.82) is 0 Å². The summed E-state index contributed by atoms with van der Waals surface area (Å²) >= 11 is 0. The molecule has 1 aromatic heterocycles. The summed E-state index contributed by atoms with van der Waals surface area (Å²) in [7, 11) is 2.11. The molecule has 8 heteroatoms. The first-order chi connectivity index (χ1) is 12.9. The fraction of sp³-hybridized carbons (Fsp3) is 0.737. The number of aliphatic hydroxyl groups excluding tert-OH is 2. The van der Waals surface area contributed by atoms with Gasteiger partial charge in [-0.25, -0.2) is 9.97 Å². The van der Waals surface area contributed by atoms with Crippen LogP contribution in [0.25, 0.3) is 0 Å². The van der Waals surface area contributed by atoms with Gasteiger partial charge < -0.3 is 24.9 Å². The predicted octanol–water partition coefficient (Wildman–Crippen LogP) is -0.259. The van der Waals surface area contributed by atoms with Crippen molar-refractivity contribution in [2.75, 3.05) is 51.2 Å². The molecule has 2 N–H and O–H groups in total. The van der Waals surface area contributed by atoms with Crippen molar-refractivity contribution in [3.8, 4) is 0 Å². The molecule has 8 nitrogen and oxygen atoms in total. The molecule has 0 aromatic carbocycles. The summed E-state index contributed by atoms with van der Waals surface area (Å²) in [5.74, 6) is 1.17. The van der Waals surface area contributed by atoms with Crippen LogP contribution < -0.4 is 4.90 Å². The molecule has 2 aliphatic heterocycles. The second-order valence-corrected chi connectivity index (χ2v) is 8.30. The Morgan fingerprint density at radius 2 is 1.67 bits per heavy atom. The number of aliphatic hydroxyl groups is 2. The molecule has 2 saturated heterocycles. The standard InChI is InChI=1S/C19H29N5O3/c1-12-15(9-20-19(21-12)23-5-3-22(2)4-6-23)18(27)24-10-13-7-16(25)17(26)8-14(13)11-24/h9,13-14,16-17,25-26H,3-8,10-11H2,1-2H3. The number of anilines is 1. The van der Waals surface area contributed by atoms with E-state index in [0.717, 1.165) is 26.2 Å². The van der Waals surface area contributed by atoms with Crippen LogP contribution in [0.1, 0.15) is 28.9 Å². The quantitative estimate of drug-likeness (QED) is 0.736. The fourth-order valence-electron chi connectivity index (χ4n) is 4.57. The molecule has 27 heavy (non-hydrogen) atoms. The molecule has 4 unspecified atom stereocenters. The number of hydrogen-bond acceptors (Lipinski definition) is 7. The summed E-state index contributed by atoms with van der Waals surface area (Å²) in [5.41, 5.74) is 1.26. The molecule has 0 bridgehead atoms. The molecule has 1 amide bonds. The Hall–Kier alpha value is -1.77. The lowest BCUT2D eigenvalue weighted by molar-refractivity contribution is -0.0372. The van der Waals surface area contributed by atoms with Crippen molar-refractivity contribution in [2.24, 2.45) is 11.8 Å². The Balaban J connectivity index is 1.45. The molecule has 3 aliphatic rings. The number of amides is 1. The van der Waals surface area contributed by atoms with Gasteiger partial charge in [0.15, 0.2) is 0 Å². The van der Waals surface area contributed by atoms with E-state index in [1.165, 1.54) is 0 Å². The smallest absolute Gasteiger partial charge is 0.257 e. The number of aromatic nitrogens is 2. The van der Waals surface area contributed by atoms with Gasteiger partial charge in [0.25, 0.3) is 5.91 Å². The summed E-state index contributed by atoms with van der Waals surface area (Å²) in [6, 6.07) is 0. The fourth-order valence-corrected chi connectivity index (χ4v) is 4.57. The Kier molecular flexibility index (Phi) is 5.05. The summed E-state index contributed by atoms with van der Waals surface area (Å²) in [4.78, 5) is 28.3. The first-order valence-electron chi connectivity index (χ1n) is 9.85. The zero-order valence-electron chi connectivity index (χ0n) is 16.1. The van der Waals surface area contributed by atoms with Crippen molar-refractivity contribution < 1.29 is 15.0 Å². The summed E-state index contributed by atoms with van der Waals surface area (Å²) in [5, 5.41) is 19.8. The molecule has 1 saturated carbocycles. The second kappa shape index (κ2) is 7.33. The molecule has 1 aliphatic carbocycles. The van der Waals surface area contributed by atoms with Crippen molar-refractivity contribution in [2.45, 2.75) is 32.0 Å². The van der Waals surface area contributed by atoms with E-state index in [9.17, 15) is 15.0 Å². The highest BCUT2D eigenvalue weighted by Gasteiger charge is 2.42. The Morgan fingerprint density at radius 1 is 1.07 bits per heavy atom. The van der Waals surface area contributed by atoms with Crippen LogP contribution in [0.15, 0.2) is 6.20 Å². The van der Waals surface area contributed by atoms with E-state index in [4.69, 9.17) is 0 Å². The number of carbonyl (C=O) groups is 1. The Labute approximate surface area is 159 Å². The molecular weight excluding hydrogens is 346 g/mol. The lowest BCUT2D eigenvalue weighted by Crippen LogP contribution is -2.45. The first-order valence-corrected chi connectivity index (χ1v) is 9.85. The number of piperazine rings is 1. The molecule has 148 valence electrons. The van der Waals surface area contributed by atoms with Crippen LogP contribution in [0.2, 0.25) is 0 Å². The van der Waals surface area contributed by atoms with Crippen molar-refractivity contribution >= 4 is 11.9 Å². The van der Waals surface area contributed by atoms with Gasteiger partial charge in [-0.2, -0.15) is 0 Å². The van der Waals surface area contributed by atoms with E-state index in [1.807, 2.05) is 11.8 Å². The molecular formula is C19H29N5O3. The Bertz CT molecular complexity index is 689. The number of rotatable bonds is 2. The molecule has 0 radical (unpaired) electrons. The van der Waals surface area contributed by atoms with Crippen molar-refractivity contribution in [3.05, 3.63) is 17.5 Å². The maximum absolute atomic E-state index is 13.0. The largest absolute Gasteiger partial charge is 0.390 e. The average molecular weight is 375 g/mol. The SMILES string of the molecule is Cc1nc(N2CCN(C)CC2)ncc1C(=O)N1CC2CC(O)C(O)CC2C1. The van der Waals surface area contributed by atoms with Gasteiger partial charge in [-0.1, -0.05) is 0 Å². The third-order valence-corrected chi connectivity index (χ3v) is 6.38. The van der Waals surface area contributed by atoms with Gasteiger partial charge in [-0.15, -0.1) is 0 Å². The van der Waals surface area contributed by atoms with Gasteiger partial charge in [0.2, 0.25) is 5.95 Å². The van der Waals surface area contributed by atoms with Crippen molar-refractivity contribution in [1.82, 2.24) is 19.8 Å². The highest BCUT2D eigenvalue weighted by atomic mass is 16.3. The molecule has 3 fully saturated rings. The van der Waals surface area contributed by atoms with Crippen LogP contribution in [0.3, 0.4) is 0 Å². The van der Waals surface area contributed by atoms with Gasteiger partial charge in [0.1, 0.15) is 0 Å². The number of hydrogen-bond donors (Lipinski definition) is 2. The number of carbonyl (C=O) groups excluding carboxylic acids is 1. The highest BCUT2D eigenvalue weighted by molar-refractivity contribution is 5.95. The number of aryl methyl sites for hydroxylation is 1. The molecule has 4 atom stereocenters. The van der Waals surface area contributed by atoms with E-state index in [-0.39, 0.29) is 17.7 Å². The van der Waals surface area contributed by atoms with Crippen LogP contribution in [-0.2, 0) is 0 Å². The molecule has 3 heterocycles. The third kappa shape index (κ3) is 3.66. The van der Waals surface area contributed by atoms with Gasteiger partial charge >= 0.3 is 0 Å². The zero-order chi connectivity index (χ0) is 19.1. The average Bonchev–Trinajstić information content (AvgIpc) is 3.05. The molecule has 1 aromatic rings. The van der Waals surface area contributed by atoms with Crippen LogP contribution in [0.4, 0.5) is 5.95 Å². The molecule has 0 spiro atoms. The van der Waals surface area contributed by atoms with Crippen LogP contribution in [0.5, 0.6) is 0 Å². The summed E-state index contributed by atoms with van der Waals surface area (Å²) in [6.07, 6.45) is 1.44. The maximum atomic E-state index is 13.0. The van der Waals surface area contributed by atoms with Gasteiger partial charge in [-0.05, 0) is 38.6 Å². The highest BCUT2D eigenvalue weighted by Crippen LogP contribution is 2.37. The maximum Gasteiger partial charge on any atom is 0.257 e. The molecule has 4 rings (SSSR count). The minimum atomic E-state index is -0.672. The van der Waals surface area contributed by atoms with E-state index in [1.54, 1.807) is 6.20 Å². The van der Waals surface area contributed by atoms with Crippen LogP contribution in [0, 0.1) is 18.8 Å². The third-order valence-electron chi connectivity index (χ3n) is 6.38. The second-order valence-electron chi connectivity index (χ2n) is 8.30. The minimum absolute atomic E-state index is 0.0455. The lowest BCUT2D eigenvalue weighted by atomic mass is 9.79. The summed E-state index contributed by atoms with van der Waals surface area (Å²) < 4.78 is 0. The van der Waals surface area contributed by atoms with E-state index < -0.39 is 12.2 Å². The monoisotopic (exact) mass is 375 g/mol. The first kappa shape index (κ1) is 18.6. The normalized spacial score (nSPS) is 31.9. The topological polar surface area (TPSA) is 93.0 Å². The van der Waals surface area contributed by atoms with Gasteiger partial charge in [-0.3, -0.25) is 4.79 Å². The predicted molar refractivity (Wildman–Crippen MR) is 101 cm³/mol. The van der Waals surface area contributed by atoms with Crippen LogP contribution in [-0.4, -0.2) is 94.4 Å². The van der Waals surface area contributed by atoms with Gasteiger partial charge in [0, 0.05) is 45.5 Å². The van der Waals surface area contributed by atoms with Crippen LogP contribution >= 0.6 is 0 Å². The minimum Gasteiger partial charge on any atom is -0.390 e. The lowest BCUT2D eigenvalue weighted by Gasteiger charge is -2.32. The van der Waals surface area contributed by atoms with E-state index >= 15 is 0 Å². The van der Waals surface area contributed by atoms with E-state index in [2.05, 4.69) is 26.8 Å². The zero-order valence-corrected chi connectivity index (χ0v) is 16.1. The number of fused-ring (bicyclic) bond motifs is 1. The van der Waals surface area contributed by atoms with Gasteiger partial charge in [0.05, 0.1) is 23.5 Å². The van der Waals surface area contributed by atoms with E-state index in [0.29, 0.717) is 43.1 Å². The van der Waals surface area contributed by atoms with Crippen molar-refractivity contribution in [3.63, 3.8) is 0 Å². The number of nitrogens with zero attached hydrogens (tertiary/aromatic N) is 5. The number of likely N-dealkylation sites (tertiary alicyclic amines) is 1.